The second-order valence-electron chi connectivity index (χ2n) is 5.22. The first kappa shape index (κ1) is 15.1. The predicted molar refractivity (Wildman–Crippen MR) is 72.6 cm³/mol. The Labute approximate surface area is 113 Å². The van der Waals surface area contributed by atoms with Crippen molar-refractivity contribution in [1.82, 2.24) is 9.80 Å². The summed E-state index contributed by atoms with van der Waals surface area (Å²) in [5, 5.41) is 9.17. The molecule has 0 aromatic carbocycles. The van der Waals surface area contributed by atoms with Gasteiger partial charge in [-0.15, -0.1) is 11.8 Å². The van der Waals surface area contributed by atoms with Crippen molar-refractivity contribution >= 4 is 23.8 Å². The molecule has 1 aliphatic rings. The lowest BCUT2D eigenvalue weighted by Gasteiger charge is -2.34. The first-order valence-corrected chi connectivity index (χ1v) is 7.21. The van der Waals surface area contributed by atoms with Crippen LogP contribution in [-0.2, 0) is 4.79 Å². The monoisotopic (exact) mass is 274 g/mol. The number of hydrogen-bond donors (Lipinski definition) is 1. The number of nitrogens with zero attached hydrogens (tertiary/aromatic N) is 2. The molecule has 6 heteroatoms. The van der Waals surface area contributed by atoms with E-state index in [2.05, 4.69) is 0 Å². The van der Waals surface area contributed by atoms with Gasteiger partial charge in [0.2, 0.25) is 0 Å². The average molecular weight is 274 g/mol. The zero-order valence-electron chi connectivity index (χ0n) is 11.6. The SMILES string of the molecule is CC(C)C1SCC(C(=O)O)N1C(=O)N(C)C(C)C. The van der Waals surface area contributed by atoms with Crippen LogP contribution in [0.25, 0.3) is 0 Å². The van der Waals surface area contributed by atoms with E-state index in [-0.39, 0.29) is 23.4 Å². The highest BCUT2D eigenvalue weighted by Gasteiger charge is 2.44. The van der Waals surface area contributed by atoms with Gasteiger partial charge >= 0.3 is 12.0 Å². The Balaban J connectivity index is 2.96. The topological polar surface area (TPSA) is 60.9 Å². The fourth-order valence-electron chi connectivity index (χ4n) is 1.88. The molecule has 0 saturated carbocycles. The Hall–Kier alpha value is -0.910. The van der Waals surface area contributed by atoms with Crippen LogP contribution in [0, 0.1) is 5.92 Å². The Morgan fingerprint density at radius 2 is 1.89 bits per heavy atom. The number of hydrogen-bond acceptors (Lipinski definition) is 3. The number of carboxylic acid groups (broad SMARTS) is 1. The Morgan fingerprint density at radius 1 is 1.33 bits per heavy atom. The third kappa shape index (κ3) is 2.91. The summed E-state index contributed by atoms with van der Waals surface area (Å²) in [5.74, 6) is -0.212. The largest absolute Gasteiger partial charge is 0.480 e. The molecule has 104 valence electrons. The second kappa shape index (κ2) is 5.82. The molecule has 1 saturated heterocycles. The van der Waals surface area contributed by atoms with Crippen molar-refractivity contribution in [3.8, 4) is 0 Å². The van der Waals surface area contributed by atoms with Crippen molar-refractivity contribution < 1.29 is 14.7 Å². The number of carboxylic acids is 1. The van der Waals surface area contributed by atoms with Crippen LogP contribution in [0.5, 0.6) is 0 Å². The fourth-order valence-corrected chi connectivity index (χ4v) is 3.34. The Bertz CT molecular complexity index is 333. The Morgan fingerprint density at radius 3 is 2.28 bits per heavy atom. The molecule has 0 aliphatic carbocycles. The zero-order valence-corrected chi connectivity index (χ0v) is 12.4. The van der Waals surface area contributed by atoms with Gasteiger partial charge in [-0.2, -0.15) is 0 Å². The van der Waals surface area contributed by atoms with Gasteiger partial charge in [0.15, 0.2) is 0 Å². The molecular formula is C12H22N2O3S. The third-order valence-electron chi connectivity index (χ3n) is 3.19. The predicted octanol–water partition coefficient (Wildman–Crippen LogP) is 1.93. The fraction of sp³-hybridized carbons (Fsp3) is 0.833. The van der Waals surface area contributed by atoms with Gasteiger partial charge in [0.05, 0.1) is 5.37 Å². The smallest absolute Gasteiger partial charge is 0.327 e. The van der Waals surface area contributed by atoms with E-state index in [9.17, 15) is 14.7 Å². The number of rotatable bonds is 3. The summed E-state index contributed by atoms with van der Waals surface area (Å²) in [5.41, 5.74) is 0. The van der Waals surface area contributed by atoms with Crippen molar-refractivity contribution in [3.63, 3.8) is 0 Å². The summed E-state index contributed by atoms with van der Waals surface area (Å²) in [7, 11) is 1.71. The minimum absolute atomic E-state index is 0.0557. The molecule has 0 radical (unpaired) electrons. The summed E-state index contributed by atoms with van der Waals surface area (Å²) in [6.07, 6.45) is 0. The van der Waals surface area contributed by atoms with Crippen LogP contribution in [0.4, 0.5) is 4.79 Å². The van der Waals surface area contributed by atoms with Gasteiger partial charge in [0.25, 0.3) is 0 Å². The van der Waals surface area contributed by atoms with Crippen LogP contribution in [-0.4, -0.2) is 57.2 Å². The van der Waals surface area contributed by atoms with E-state index < -0.39 is 12.0 Å². The lowest BCUT2D eigenvalue weighted by Crippen LogP contribution is -2.53. The number of amides is 2. The standard InChI is InChI=1S/C12H22N2O3S/c1-7(2)10-14(9(6-18-10)11(15)16)12(17)13(5)8(3)4/h7-10H,6H2,1-5H3,(H,15,16). The zero-order chi connectivity index (χ0) is 14.0. The number of urea groups is 1. The molecule has 1 N–H and O–H groups in total. The van der Waals surface area contributed by atoms with E-state index in [0.717, 1.165) is 0 Å². The van der Waals surface area contributed by atoms with Gasteiger partial charge in [-0.3, -0.25) is 4.90 Å². The van der Waals surface area contributed by atoms with Gasteiger partial charge in [0, 0.05) is 18.8 Å². The minimum atomic E-state index is -0.920. The molecule has 5 nitrogen and oxygen atoms in total. The van der Waals surface area contributed by atoms with Crippen LogP contribution in [0.3, 0.4) is 0 Å². The van der Waals surface area contributed by atoms with Gasteiger partial charge in [-0.05, 0) is 19.8 Å². The molecule has 18 heavy (non-hydrogen) atoms. The maximum Gasteiger partial charge on any atom is 0.327 e. The van der Waals surface area contributed by atoms with E-state index in [1.807, 2.05) is 27.7 Å². The molecule has 1 rings (SSSR count). The number of carbonyl (C=O) groups excluding carboxylic acids is 1. The summed E-state index contributed by atoms with van der Waals surface area (Å²) in [6, 6.07) is -0.845. The highest BCUT2D eigenvalue weighted by Crippen LogP contribution is 2.34. The maximum absolute atomic E-state index is 12.4. The van der Waals surface area contributed by atoms with E-state index >= 15 is 0 Å². The summed E-state index contributed by atoms with van der Waals surface area (Å²) in [6.45, 7) is 7.86. The lowest BCUT2D eigenvalue weighted by molar-refractivity contribution is -0.141. The molecule has 2 amide bonds. The first-order valence-electron chi connectivity index (χ1n) is 6.16. The van der Waals surface area contributed by atoms with Crippen LogP contribution in [0.1, 0.15) is 27.7 Å². The van der Waals surface area contributed by atoms with Gasteiger partial charge in [-0.1, -0.05) is 13.8 Å². The Kier molecular flexibility index (Phi) is 4.90. The summed E-state index contributed by atoms with van der Waals surface area (Å²) in [4.78, 5) is 26.8. The average Bonchev–Trinajstić information content (AvgIpc) is 2.71. The molecule has 0 aromatic rings. The van der Waals surface area contributed by atoms with Crippen LogP contribution in [0.15, 0.2) is 0 Å². The molecule has 0 bridgehead atoms. The normalized spacial score (nSPS) is 23.8. The van der Waals surface area contributed by atoms with E-state index in [1.54, 1.807) is 23.7 Å². The van der Waals surface area contributed by atoms with E-state index in [0.29, 0.717) is 5.75 Å². The third-order valence-corrected chi connectivity index (χ3v) is 4.81. The molecule has 2 unspecified atom stereocenters. The number of thioether (sulfide) groups is 1. The van der Waals surface area contributed by atoms with Gasteiger partial charge in [0.1, 0.15) is 6.04 Å². The van der Waals surface area contributed by atoms with Crippen molar-refractivity contribution in [2.24, 2.45) is 5.92 Å². The van der Waals surface area contributed by atoms with Crippen molar-refractivity contribution in [1.29, 1.82) is 0 Å². The molecule has 0 spiro atoms. The first-order chi connectivity index (χ1) is 8.27. The highest BCUT2D eigenvalue weighted by molar-refractivity contribution is 8.00. The van der Waals surface area contributed by atoms with Crippen LogP contribution >= 0.6 is 11.8 Å². The van der Waals surface area contributed by atoms with E-state index in [1.165, 1.54) is 4.90 Å². The summed E-state index contributed by atoms with van der Waals surface area (Å²) < 4.78 is 0. The molecule has 0 aromatic heterocycles. The summed E-state index contributed by atoms with van der Waals surface area (Å²) >= 11 is 1.55. The number of aliphatic carboxylic acids is 1. The second-order valence-corrected chi connectivity index (χ2v) is 6.37. The quantitative estimate of drug-likeness (QED) is 0.854. The van der Waals surface area contributed by atoms with Crippen molar-refractivity contribution in [3.05, 3.63) is 0 Å². The maximum atomic E-state index is 12.4. The number of carbonyl (C=O) groups is 2. The van der Waals surface area contributed by atoms with Crippen LogP contribution in [0.2, 0.25) is 0 Å². The molecule has 1 heterocycles. The van der Waals surface area contributed by atoms with Crippen molar-refractivity contribution in [2.45, 2.75) is 45.2 Å². The van der Waals surface area contributed by atoms with Crippen LogP contribution < -0.4 is 0 Å². The molecular weight excluding hydrogens is 252 g/mol. The van der Waals surface area contributed by atoms with Crippen molar-refractivity contribution in [2.75, 3.05) is 12.8 Å². The molecule has 1 aliphatic heterocycles. The van der Waals surface area contributed by atoms with E-state index in [4.69, 9.17) is 0 Å². The van der Waals surface area contributed by atoms with Gasteiger partial charge < -0.3 is 10.0 Å². The molecule has 2 atom stereocenters. The lowest BCUT2D eigenvalue weighted by atomic mass is 10.1. The van der Waals surface area contributed by atoms with Gasteiger partial charge in [-0.25, -0.2) is 9.59 Å². The highest BCUT2D eigenvalue weighted by atomic mass is 32.2. The molecule has 1 fully saturated rings. The minimum Gasteiger partial charge on any atom is -0.480 e.